The van der Waals surface area contributed by atoms with Crippen LogP contribution in [0.1, 0.15) is 15.9 Å². The van der Waals surface area contributed by atoms with Crippen molar-refractivity contribution in [3.63, 3.8) is 0 Å². The zero-order chi connectivity index (χ0) is 17.9. The zero-order valence-electron chi connectivity index (χ0n) is 13.5. The van der Waals surface area contributed by atoms with E-state index in [4.69, 9.17) is 0 Å². The number of aromatic nitrogens is 3. The number of carbonyl (C=O) groups is 1. The van der Waals surface area contributed by atoms with Crippen LogP contribution in [0.5, 0.6) is 0 Å². The molecule has 128 valence electrons. The van der Waals surface area contributed by atoms with Gasteiger partial charge in [-0.25, -0.2) is 18.1 Å². The Morgan fingerprint density at radius 1 is 1.08 bits per heavy atom. The van der Waals surface area contributed by atoms with E-state index in [1.807, 2.05) is 12.1 Å². The van der Waals surface area contributed by atoms with Crippen LogP contribution in [0, 0.1) is 0 Å². The standard InChI is InChI=1S/C17H16N4O3S/c1-25(23,24)16-8-6-15(7-9-16)20-17(22)14-4-2-13(3-5-14)10-21-12-18-11-19-21/h2-9,11-12H,10H2,1H3,(H,20,22). The molecule has 0 unspecified atom stereocenters. The monoisotopic (exact) mass is 356 g/mol. The van der Waals surface area contributed by atoms with Gasteiger partial charge in [-0.05, 0) is 42.0 Å². The van der Waals surface area contributed by atoms with Crippen LogP contribution in [0.25, 0.3) is 0 Å². The van der Waals surface area contributed by atoms with E-state index in [1.165, 1.54) is 18.5 Å². The quantitative estimate of drug-likeness (QED) is 0.754. The molecular formula is C17H16N4O3S. The summed E-state index contributed by atoms with van der Waals surface area (Å²) in [5.74, 6) is -0.264. The second kappa shape index (κ2) is 6.86. The summed E-state index contributed by atoms with van der Waals surface area (Å²) in [6, 6.07) is 13.2. The SMILES string of the molecule is CS(=O)(=O)c1ccc(NC(=O)c2ccc(Cn3cncn3)cc2)cc1. The lowest BCUT2D eigenvalue weighted by molar-refractivity contribution is 0.102. The first-order chi connectivity index (χ1) is 11.9. The van der Waals surface area contributed by atoms with Crippen molar-refractivity contribution in [2.45, 2.75) is 11.4 Å². The third-order valence-corrected chi connectivity index (χ3v) is 4.70. The molecule has 0 radical (unpaired) electrons. The molecule has 1 N–H and O–H groups in total. The van der Waals surface area contributed by atoms with Gasteiger partial charge in [0.1, 0.15) is 12.7 Å². The van der Waals surface area contributed by atoms with Gasteiger partial charge in [-0.1, -0.05) is 12.1 Å². The highest BCUT2D eigenvalue weighted by Gasteiger charge is 2.09. The largest absolute Gasteiger partial charge is 0.322 e. The summed E-state index contributed by atoms with van der Waals surface area (Å²) in [6.45, 7) is 0.578. The van der Waals surface area contributed by atoms with Crippen molar-refractivity contribution in [3.8, 4) is 0 Å². The molecule has 0 saturated carbocycles. The number of hydrogen-bond donors (Lipinski definition) is 1. The molecule has 3 rings (SSSR count). The lowest BCUT2D eigenvalue weighted by Crippen LogP contribution is -2.12. The van der Waals surface area contributed by atoms with Crippen molar-refractivity contribution in [2.24, 2.45) is 0 Å². The summed E-state index contributed by atoms with van der Waals surface area (Å²) in [5, 5.41) is 6.77. The Balaban J connectivity index is 1.66. The number of anilines is 1. The molecule has 0 atom stereocenters. The Kier molecular flexibility index (Phi) is 4.62. The van der Waals surface area contributed by atoms with E-state index < -0.39 is 9.84 Å². The lowest BCUT2D eigenvalue weighted by Gasteiger charge is -2.07. The molecule has 0 spiro atoms. The molecule has 0 aliphatic rings. The molecule has 3 aromatic rings. The minimum atomic E-state index is -3.25. The van der Waals surface area contributed by atoms with E-state index in [-0.39, 0.29) is 10.8 Å². The third-order valence-electron chi connectivity index (χ3n) is 3.57. The van der Waals surface area contributed by atoms with E-state index in [9.17, 15) is 13.2 Å². The number of rotatable bonds is 5. The normalized spacial score (nSPS) is 11.2. The average molecular weight is 356 g/mol. The number of nitrogens with zero attached hydrogens (tertiary/aromatic N) is 3. The molecule has 2 aromatic carbocycles. The summed E-state index contributed by atoms with van der Waals surface area (Å²) in [6.07, 6.45) is 4.24. The highest BCUT2D eigenvalue weighted by atomic mass is 32.2. The summed E-state index contributed by atoms with van der Waals surface area (Å²) in [4.78, 5) is 16.4. The fourth-order valence-electron chi connectivity index (χ4n) is 2.25. The first kappa shape index (κ1) is 16.8. The number of sulfone groups is 1. The molecule has 0 fully saturated rings. The Labute approximate surface area is 145 Å². The lowest BCUT2D eigenvalue weighted by atomic mass is 10.1. The molecule has 0 saturated heterocycles. The van der Waals surface area contributed by atoms with Crippen molar-refractivity contribution >= 4 is 21.4 Å². The Morgan fingerprint density at radius 2 is 1.76 bits per heavy atom. The minimum absolute atomic E-state index is 0.211. The molecule has 0 aliphatic carbocycles. The molecule has 1 heterocycles. The van der Waals surface area contributed by atoms with Crippen LogP contribution >= 0.6 is 0 Å². The van der Waals surface area contributed by atoms with Gasteiger partial charge in [-0.3, -0.25) is 4.79 Å². The van der Waals surface area contributed by atoms with E-state index in [1.54, 1.807) is 35.3 Å². The molecule has 0 aliphatic heterocycles. The van der Waals surface area contributed by atoms with Crippen LogP contribution in [0.4, 0.5) is 5.69 Å². The highest BCUT2D eigenvalue weighted by Crippen LogP contribution is 2.15. The highest BCUT2D eigenvalue weighted by molar-refractivity contribution is 7.90. The number of amides is 1. The van der Waals surface area contributed by atoms with Crippen molar-refractivity contribution in [2.75, 3.05) is 11.6 Å². The van der Waals surface area contributed by atoms with Crippen molar-refractivity contribution in [1.29, 1.82) is 0 Å². The van der Waals surface area contributed by atoms with Gasteiger partial charge >= 0.3 is 0 Å². The van der Waals surface area contributed by atoms with Crippen LogP contribution in [0.3, 0.4) is 0 Å². The second-order valence-electron chi connectivity index (χ2n) is 5.54. The first-order valence-electron chi connectivity index (χ1n) is 7.45. The van der Waals surface area contributed by atoms with Crippen molar-refractivity contribution in [3.05, 3.63) is 72.3 Å². The van der Waals surface area contributed by atoms with Gasteiger partial charge in [0.2, 0.25) is 0 Å². The maximum atomic E-state index is 12.3. The van der Waals surface area contributed by atoms with Gasteiger partial charge < -0.3 is 5.32 Å². The fraction of sp³-hybridized carbons (Fsp3) is 0.118. The Bertz CT molecular complexity index is 964. The van der Waals surface area contributed by atoms with Crippen LogP contribution in [-0.4, -0.2) is 35.3 Å². The molecule has 0 bridgehead atoms. The van der Waals surface area contributed by atoms with E-state index in [0.717, 1.165) is 11.8 Å². The van der Waals surface area contributed by atoms with E-state index in [2.05, 4.69) is 15.4 Å². The van der Waals surface area contributed by atoms with Crippen LogP contribution in [-0.2, 0) is 16.4 Å². The fourth-order valence-corrected chi connectivity index (χ4v) is 2.88. The van der Waals surface area contributed by atoms with Gasteiger partial charge in [0.15, 0.2) is 9.84 Å². The van der Waals surface area contributed by atoms with Gasteiger partial charge in [-0.2, -0.15) is 5.10 Å². The number of nitrogens with one attached hydrogen (secondary N) is 1. The predicted octanol–water partition coefficient (Wildman–Crippen LogP) is 1.98. The molecule has 25 heavy (non-hydrogen) atoms. The van der Waals surface area contributed by atoms with Gasteiger partial charge in [0.25, 0.3) is 5.91 Å². The second-order valence-corrected chi connectivity index (χ2v) is 7.56. The molecule has 7 nitrogen and oxygen atoms in total. The minimum Gasteiger partial charge on any atom is -0.322 e. The smallest absolute Gasteiger partial charge is 0.255 e. The zero-order valence-corrected chi connectivity index (χ0v) is 14.3. The Hall–Kier alpha value is -3.00. The van der Waals surface area contributed by atoms with Gasteiger partial charge in [-0.15, -0.1) is 0 Å². The number of carbonyl (C=O) groups excluding carboxylic acids is 1. The summed E-state index contributed by atoms with van der Waals surface area (Å²) >= 11 is 0. The molecule has 8 heteroatoms. The predicted molar refractivity (Wildman–Crippen MR) is 93.1 cm³/mol. The molecule has 1 aromatic heterocycles. The number of benzene rings is 2. The van der Waals surface area contributed by atoms with Crippen LogP contribution < -0.4 is 5.32 Å². The summed E-state index contributed by atoms with van der Waals surface area (Å²) in [5.41, 5.74) is 2.04. The van der Waals surface area contributed by atoms with Crippen molar-refractivity contribution < 1.29 is 13.2 Å². The summed E-state index contributed by atoms with van der Waals surface area (Å²) < 4.78 is 24.6. The van der Waals surface area contributed by atoms with Crippen LogP contribution in [0.15, 0.2) is 66.1 Å². The number of hydrogen-bond acceptors (Lipinski definition) is 5. The molecular weight excluding hydrogens is 340 g/mol. The van der Waals surface area contributed by atoms with Crippen molar-refractivity contribution in [1.82, 2.24) is 14.8 Å². The van der Waals surface area contributed by atoms with E-state index >= 15 is 0 Å². The van der Waals surface area contributed by atoms with Crippen LogP contribution in [0.2, 0.25) is 0 Å². The third kappa shape index (κ3) is 4.30. The van der Waals surface area contributed by atoms with Gasteiger partial charge in [0.05, 0.1) is 11.4 Å². The summed E-state index contributed by atoms with van der Waals surface area (Å²) in [7, 11) is -3.25. The maximum absolute atomic E-state index is 12.3. The molecule has 1 amide bonds. The first-order valence-corrected chi connectivity index (χ1v) is 9.34. The van der Waals surface area contributed by atoms with E-state index in [0.29, 0.717) is 17.8 Å². The average Bonchev–Trinajstić information content (AvgIpc) is 3.08. The Morgan fingerprint density at radius 3 is 2.32 bits per heavy atom. The van der Waals surface area contributed by atoms with Gasteiger partial charge in [0, 0.05) is 17.5 Å². The maximum Gasteiger partial charge on any atom is 0.255 e. The topological polar surface area (TPSA) is 94.0 Å².